The third-order valence-corrected chi connectivity index (χ3v) is 5.27. The van der Waals surface area contributed by atoms with Crippen molar-refractivity contribution in [2.24, 2.45) is 0 Å². The van der Waals surface area contributed by atoms with Gasteiger partial charge in [-0.3, -0.25) is 0 Å². The van der Waals surface area contributed by atoms with Crippen molar-refractivity contribution in [1.82, 2.24) is 4.57 Å². The lowest BCUT2D eigenvalue weighted by atomic mass is 10.1. The summed E-state index contributed by atoms with van der Waals surface area (Å²) in [7, 11) is 0. The molecule has 2 aromatic carbocycles. The van der Waals surface area contributed by atoms with Gasteiger partial charge in [-0.15, -0.1) is 0 Å². The molecule has 0 fully saturated rings. The first-order valence-electron chi connectivity index (χ1n) is 11.3. The molecule has 1 heterocycles. The lowest BCUT2D eigenvalue weighted by molar-refractivity contribution is 0.0697. The number of aromatic carboxylic acids is 1. The molecule has 0 radical (unpaired) electrons. The molecule has 0 amide bonds. The van der Waals surface area contributed by atoms with E-state index in [1.807, 2.05) is 37.5 Å². The van der Waals surface area contributed by atoms with E-state index in [-0.39, 0.29) is 18.0 Å². The molecule has 5 nitrogen and oxygen atoms in total. The number of nitrogen functional groups attached to an aromatic ring is 1. The molecule has 0 saturated heterocycles. The zero-order valence-electron chi connectivity index (χ0n) is 19.9. The summed E-state index contributed by atoms with van der Waals surface area (Å²) in [5, 5.41) is 9.44. The van der Waals surface area contributed by atoms with Crippen molar-refractivity contribution in [3.63, 3.8) is 0 Å². The molecule has 3 aromatic rings. The van der Waals surface area contributed by atoms with Crippen LogP contribution in [0.25, 0.3) is 11.3 Å². The van der Waals surface area contributed by atoms with Gasteiger partial charge in [0.1, 0.15) is 24.0 Å². The van der Waals surface area contributed by atoms with Crippen molar-refractivity contribution < 1.29 is 23.4 Å². The highest BCUT2D eigenvalue weighted by Crippen LogP contribution is 2.33. The monoisotopic (exact) mass is 478 g/mol. The van der Waals surface area contributed by atoms with E-state index >= 15 is 0 Å². The maximum absolute atomic E-state index is 14.5. The van der Waals surface area contributed by atoms with Gasteiger partial charge in [0.15, 0.2) is 0 Å². The SMILES string of the molecule is CC.Cc1ccc(C2=CC(F)=CCC=C2OCc2ccc(F)cc2)n1-c1cc(N)cc(C(=O)O)c1. The Kier molecular flexibility index (Phi) is 8.25. The smallest absolute Gasteiger partial charge is 0.335 e. The fourth-order valence-corrected chi connectivity index (χ4v) is 3.71. The fraction of sp³-hybridized carbons (Fsp3) is 0.179. The van der Waals surface area contributed by atoms with Gasteiger partial charge in [-0.05, 0) is 79.6 Å². The maximum atomic E-state index is 14.5. The van der Waals surface area contributed by atoms with E-state index in [2.05, 4.69) is 0 Å². The summed E-state index contributed by atoms with van der Waals surface area (Å²) >= 11 is 0. The van der Waals surface area contributed by atoms with E-state index in [4.69, 9.17) is 10.5 Å². The summed E-state index contributed by atoms with van der Waals surface area (Å²) in [4.78, 5) is 11.5. The van der Waals surface area contributed by atoms with Crippen molar-refractivity contribution in [2.45, 2.75) is 33.8 Å². The lowest BCUT2D eigenvalue weighted by Crippen LogP contribution is -2.07. The van der Waals surface area contributed by atoms with Gasteiger partial charge >= 0.3 is 5.97 Å². The molecule has 35 heavy (non-hydrogen) atoms. The average molecular weight is 479 g/mol. The fourth-order valence-electron chi connectivity index (χ4n) is 3.71. The van der Waals surface area contributed by atoms with Gasteiger partial charge in [0.25, 0.3) is 0 Å². The van der Waals surface area contributed by atoms with Crippen LogP contribution in [0.5, 0.6) is 0 Å². The van der Waals surface area contributed by atoms with E-state index in [0.29, 0.717) is 34.8 Å². The number of halogens is 2. The summed E-state index contributed by atoms with van der Waals surface area (Å²) in [6.45, 7) is 6.03. The zero-order chi connectivity index (χ0) is 25.5. The van der Waals surface area contributed by atoms with Crippen molar-refractivity contribution in [1.29, 1.82) is 0 Å². The third kappa shape index (κ3) is 6.06. The second kappa shape index (κ2) is 11.3. The number of ether oxygens (including phenoxy) is 1. The minimum Gasteiger partial charge on any atom is -0.489 e. The largest absolute Gasteiger partial charge is 0.489 e. The van der Waals surface area contributed by atoms with E-state index < -0.39 is 11.8 Å². The number of carbonyl (C=O) groups is 1. The van der Waals surface area contributed by atoms with Crippen LogP contribution in [0.1, 0.15) is 47.6 Å². The molecule has 0 aliphatic heterocycles. The first-order chi connectivity index (χ1) is 16.8. The molecule has 4 rings (SSSR count). The van der Waals surface area contributed by atoms with Crippen molar-refractivity contribution in [2.75, 3.05) is 5.73 Å². The number of carboxylic acids is 1. The van der Waals surface area contributed by atoms with Crippen LogP contribution < -0.4 is 5.73 Å². The molecular weight excluding hydrogens is 450 g/mol. The van der Waals surface area contributed by atoms with Crippen LogP contribution in [0.4, 0.5) is 14.5 Å². The van der Waals surface area contributed by atoms with Gasteiger partial charge in [-0.25, -0.2) is 13.6 Å². The number of aromatic nitrogens is 1. The highest BCUT2D eigenvalue weighted by Gasteiger charge is 2.20. The van der Waals surface area contributed by atoms with Crippen molar-refractivity contribution in [3.05, 3.63) is 113 Å². The van der Waals surface area contributed by atoms with Crippen LogP contribution in [0.2, 0.25) is 0 Å². The van der Waals surface area contributed by atoms with Crippen LogP contribution in [-0.2, 0) is 11.3 Å². The molecule has 3 N–H and O–H groups in total. The molecule has 1 aliphatic rings. The second-order valence-corrected chi connectivity index (χ2v) is 7.68. The minimum absolute atomic E-state index is 0.0493. The number of nitrogens with zero attached hydrogens (tertiary/aromatic N) is 1. The normalized spacial score (nSPS) is 13.0. The van der Waals surface area contributed by atoms with Crippen molar-refractivity contribution >= 4 is 17.2 Å². The van der Waals surface area contributed by atoms with E-state index in [1.165, 1.54) is 36.4 Å². The molecule has 0 spiro atoms. The van der Waals surface area contributed by atoms with E-state index in [0.717, 1.165) is 11.3 Å². The number of hydrogen-bond donors (Lipinski definition) is 2. The molecule has 7 heteroatoms. The summed E-state index contributed by atoms with van der Waals surface area (Å²) < 4.78 is 35.5. The second-order valence-electron chi connectivity index (χ2n) is 7.68. The Morgan fingerprint density at radius 2 is 1.77 bits per heavy atom. The van der Waals surface area contributed by atoms with Crippen LogP contribution in [0.3, 0.4) is 0 Å². The van der Waals surface area contributed by atoms with E-state index in [1.54, 1.807) is 24.3 Å². The number of carboxylic acid groups (broad SMARTS) is 1. The Hall–Kier alpha value is -4.13. The molecule has 0 unspecified atom stereocenters. The predicted molar refractivity (Wildman–Crippen MR) is 134 cm³/mol. The number of anilines is 1. The number of nitrogens with two attached hydrogens (primary N) is 1. The molecule has 0 atom stereocenters. The first-order valence-corrected chi connectivity index (χ1v) is 11.3. The van der Waals surface area contributed by atoms with E-state index in [9.17, 15) is 18.7 Å². The highest BCUT2D eigenvalue weighted by molar-refractivity contribution is 5.90. The van der Waals surface area contributed by atoms with Crippen molar-refractivity contribution in [3.8, 4) is 5.69 Å². The average Bonchev–Trinajstić information content (AvgIpc) is 3.12. The Morgan fingerprint density at radius 1 is 1.06 bits per heavy atom. The molecule has 182 valence electrons. The third-order valence-electron chi connectivity index (χ3n) is 5.27. The summed E-state index contributed by atoms with van der Waals surface area (Å²) in [5.41, 5.74) is 9.53. The quantitative estimate of drug-likeness (QED) is 0.375. The standard InChI is InChI=1S/C26H22F2N2O3.C2H6/c1-16-5-10-24(30(16)22-12-18(26(31)32)11-21(29)14-22)23-13-20(28)3-2-4-25(23)33-15-17-6-8-19(27)9-7-17;1-2/h3-14H,2,15,29H2,1H3,(H,31,32);1-2H3. The van der Waals surface area contributed by atoms with Crippen LogP contribution in [-0.4, -0.2) is 15.6 Å². The van der Waals surface area contributed by atoms with Gasteiger partial charge in [0, 0.05) is 22.6 Å². The number of rotatable bonds is 6. The summed E-state index contributed by atoms with van der Waals surface area (Å²) in [6, 6.07) is 14.2. The Morgan fingerprint density at radius 3 is 2.46 bits per heavy atom. The van der Waals surface area contributed by atoms with Gasteiger partial charge in [-0.1, -0.05) is 26.0 Å². The highest BCUT2D eigenvalue weighted by atomic mass is 19.1. The predicted octanol–water partition coefficient (Wildman–Crippen LogP) is 6.97. The van der Waals surface area contributed by atoms with Gasteiger partial charge in [0.05, 0.1) is 11.3 Å². The molecule has 0 bridgehead atoms. The van der Waals surface area contributed by atoms with Gasteiger partial charge in [-0.2, -0.15) is 0 Å². The topological polar surface area (TPSA) is 77.5 Å². The Labute approximate surface area is 203 Å². The molecule has 1 aliphatic carbocycles. The number of allylic oxidation sites excluding steroid dienone is 5. The number of aryl methyl sites for hydroxylation is 1. The lowest BCUT2D eigenvalue weighted by Gasteiger charge is -2.18. The van der Waals surface area contributed by atoms with Gasteiger partial charge in [0.2, 0.25) is 0 Å². The van der Waals surface area contributed by atoms with Crippen LogP contribution >= 0.6 is 0 Å². The molecule has 0 saturated carbocycles. The first kappa shape index (κ1) is 25.5. The van der Waals surface area contributed by atoms with Gasteiger partial charge < -0.3 is 20.1 Å². The zero-order valence-corrected chi connectivity index (χ0v) is 19.9. The molecule has 1 aromatic heterocycles. The number of hydrogen-bond acceptors (Lipinski definition) is 3. The summed E-state index contributed by atoms with van der Waals surface area (Å²) in [6.07, 6.45) is 4.94. The Balaban J connectivity index is 0.00000167. The van der Waals surface area contributed by atoms with Crippen LogP contribution in [0, 0.1) is 12.7 Å². The number of benzene rings is 2. The van der Waals surface area contributed by atoms with Crippen LogP contribution in [0.15, 0.2) is 84.4 Å². The Bertz CT molecular complexity index is 1300. The maximum Gasteiger partial charge on any atom is 0.335 e. The molecular formula is C28H28F2N2O3. The summed E-state index contributed by atoms with van der Waals surface area (Å²) in [5.74, 6) is -1.38. The minimum atomic E-state index is -1.10.